The van der Waals surface area contributed by atoms with E-state index >= 15 is 0 Å². The standard InChI is InChI=1S/C27H24F6N2O4/c1-14-9-17(11-20(10-14)27(31,32)33)24-16(3)34(25(36)39-24)13-18-12-19(26(28,29)30)6-7-21(18)23-22(38-4)8-5-15(2)35(23)37/h5-12,16,24H,13H2,1-4H3/t16-,24-/m0/s1. The van der Waals surface area contributed by atoms with Gasteiger partial charge in [-0.15, -0.1) is 0 Å². The summed E-state index contributed by atoms with van der Waals surface area (Å²) in [6.07, 6.45) is -11.4. The Balaban J connectivity index is 1.78. The number of aromatic nitrogens is 1. The summed E-state index contributed by atoms with van der Waals surface area (Å²) in [6, 6.07) is 8.23. The molecular formula is C27H24F6N2O4. The fourth-order valence-corrected chi connectivity index (χ4v) is 4.64. The molecule has 0 bridgehead atoms. The van der Waals surface area contributed by atoms with Gasteiger partial charge in [0.25, 0.3) is 5.69 Å². The van der Waals surface area contributed by atoms with Gasteiger partial charge < -0.3 is 14.7 Å². The maximum atomic E-state index is 13.6. The second-order valence-corrected chi connectivity index (χ2v) is 9.36. The molecule has 0 saturated carbocycles. The van der Waals surface area contributed by atoms with Crippen LogP contribution in [0.1, 0.15) is 46.5 Å². The van der Waals surface area contributed by atoms with Crippen molar-refractivity contribution in [1.82, 2.24) is 4.90 Å². The smallest absolute Gasteiger partial charge is 0.416 e. The van der Waals surface area contributed by atoms with Gasteiger partial charge in [0.15, 0.2) is 11.4 Å². The first kappa shape index (κ1) is 28.1. The number of cyclic esters (lactones) is 1. The second kappa shape index (κ2) is 9.97. The van der Waals surface area contributed by atoms with Gasteiger partial charge in [0.2, 0.25) is 0 Å². The summed E-state index contributed by atoms with van der Waals surface area (Å²) in [6.45, 7) is 4.10. The summed E-state index contributed by atoms with van der Waals surface area (Å²) < 4.78 is 92.2. The van der Waals surface area contributed by atoms with Crippen molar-refractivity contribution in [1.29, 1.82) is 0 Å². The SMILES string of the molecule is COc1ccc(C)[n+]([O-])c1-c1ccc(C(F)(F)F)cc1CN1C(=O)O[C@H](c2cc(C)cc(C(F)(F)F)c2)[C@@H]1C. The van der Waals surface area contributed by atoms with Crippen LogP contribution in [0.4, 0.5) is 31.1 Å². The largest absolute Gasteiger partial charge is 0.618 e. The number of carbonyl (C=O) groups excluding carboxylic acids is 1. The average Bonchev–Trinajstić information content (AvgIpc) is 3.12. The monoisotopic (exact) mass is 554 g/mol. The van der Waals surface area contributed by atoms with Gasteiger partial charge in [-0.25, -0.2) is 4.79 Å². The predicted octanol–water partition coefficient (Wildman–Crippen LogP) is 6.73. The van der Waals surface area contributed by atoms with Gasteiger partial charge in [0.1, 0.15) is 6.10 Å². The van der Waals surface area contributed by atoms with Crippen molar-refractivity contribution >= 4 is 6.09 Å². The Labute approximate surface area is 220 Å². The van der Waals surface area contributed by atoms with Crippen LogP contribution < -0.4 is 9.47 Å². The number of amides is 1. The van der Waals surface area contributed by atoms with E-state index in [0.717, 1.165) is 35.2 Å². The molecule has 1 aromatic heterocycles. The van der Waals surface area contributed by atoms with Crippen molar-refractivity contribution in [2.45, 2.75) is 51.8 Å². The number of methoxy groups -OCH3 is 1. The van der Waals surface area contributed by atoms with E-state index in [1.54, 1.807) is 0 Å². The van der Waals surface area contributed by atoms with Gasteiger partial charge in [-0.05, 0) is 61.4 Å². The van der Waals surface area contributed by atoms with Crippen LogP contribution in [0.15, 0.2) is 48.5 Å². The molecule has 1 aliphatic rings. The number of nitrogens with zero attached hydrogens (tertiary/aromatic N) is 2. The number of hydrogen-bond acceptors (Lipinski definition) is 4. The molecule has 2 atom stereocenters. The number of ether oxygens (including phenoxy) is 2. The van der Waals surface area contributed by atoms with Crippen LogP contribution in [0.25, 0.3) is 11.3 Å². The van der Waals surface area contributed by atoms with Crippen LogP contribution in [0, 0.1) is 19.1 Å². The third kappa shape index (κ3) is 5.45. The summed E-state index contributed by atoms with van der Waals surface area (Å²) in [4.78, 5) is 14.0. The number of halogens is 6. The van der Waals surface area contributed by atoms with Crippen molar-refractivity contribution in [3.63, 3.8) is 0 Å². The van der Waals surface area contributed by atoms with E-state index in [1.807, 2.05) is 0 Å². The van der Waals surface area contributed by atoms with E-state index in [2.05, 4.69) is 0 Å². The highest BCUT2D eigenvalue weighted by molar-refractivity contribution is 5.73. The number of hydrogen-bond donors (Lipinski definition) is 0. The molecule has 3 aromatic rings. The molecule has 1 fully saturated rings. The molecule has 12 heteroatoms. The molecule has 2 heterocycles. The van der Waals surface area contributed by atoms with Crippen molar-refractivity contribution in [2.75, 3.05) is 7.11 Å². The molecule has 0 aliphatic carbocycles. The van der Waals surface area contributed by atoms with Crippen LogP contribution in [0.5, 0.6) is 5.75 Å². The van der Waals surface area contributed by atoms with E-state index in [0.29, 0.717) is 10.3 Å². The lowest BCUT2D eigenvalue weighted by Gasteiger charge is -2.23. The first-order chi connectivity index (χ1) is 18.1. The van der Waals surface area contributed by atoms with Gasteiger partial charge >= 0.3 is 18.4 Å². The van der Waals surface area contributed by atoms with E-state index in [4.69, 9.17) is 9.47 Å². The zero-order chi connectivity index (χ0) is 28.9. The number of carbonyl (C=O) groups is 1. The summed E-state index contributed by atoms with van der Waals surface area (Å²) in [5, 5.41) is 12.9. The first-order valence-electron chi connectivity index (χ1n) is 11.8. The molecule has 0 radical (unpaired) electrons. The van der Waals surface area contributed by atoms with Gasteiger partial charge in [-0.1, -0.05) is 11.6 Å². The molecule has 4 rings (SSSR count). The highest BCUT2D eigenvalue weighted by Gasteiger charge is 2.42. The summed E-state index contributed by atoms with van der Waals surface area (Å²) in [7, 11) is 1.31. The predicted molar refractivity (Wildman–Crippen MR) is 128 cm³/mol. The van der Waals surface area contributed by atoms with E-state index in [-0.39, 0.29) is 33.8 Å². The molecule has 1 saturated heterocycles. The fraction of sp³-hybridized carbons (Fsp3) is 0.333. The highest BCUT2D eigenvalue weighted by Crippen LogP contribution is 2.40. The molecular weight excluding hydrogens is 530 g/mol. The number of rotatable bonds is 5. The lowest BCUT2D eigenvalue weighted by Crippen LogP contribution is -2.35. The lowest BCUT2D eigenvalue weighted by atomic mass is 9.96. The van der Waals surface area contributed by atoms with Crippen molar-refractivity contribution < 1.29 is 45.3 Å². The van der Waals surface area contributed by atoms with Crippen molar-refractivity contribution in [2.24, 2.45) is 0 Å². The number of aryl methyl sites for hydroxylation is 2. The first-order valence-corrected chi connectivity index (χ1v) is 11.8. The zero-order valence-electron chi connectivity index (χ0n) is 21.3. The molecule has 208 valence electrons. The molecule has 39 heavy (non-hydrogen) atoms. The lowest BCUT2D eigenvalue weighted by molar-refractivity contribution is -0.601. The van der Waals surface area contributed by atoms with E-state index in [9.17, 15) is 36.3 Å². The average molecular weight is 554 g/mol. The van der Waals surface area contributed by atoms with E-state index < -0.39 is 48.3 Å². The van der Waals surface area contributed by atoms with Crippen LogP contribution >= 0.6 is 0 Å². The van der Waals surface area contributed by atoms with Gasteiger partial charge in [-0.2, -0.15) is 31.1 Å². The van der Waals surface area contributed by atoms with Gasteiger partial charge in [0.05, 0.1) is 36.4 Å². The number of alkyl halides is 6. The normalized spacial score (nSPS) is 17.9. The second-order valence-electron chi connectivity index (χ2n) is 9.36. The number of benzene rings is 2. The zero-order valence-corrected chi connectivity index (χ0v) is 21.3. The van der Waals surface area contributed by atoms with Crippen molar-refractivity contribution in [3.8, 4) is 17.0 Å². The quantitative estimate of drug-likeness (QED) is 0.199. The van der Waals surface area contributed by atoms with E-state index in [1.165, 1.54) is 46.1 Å². The Hall–Kier alpha value is -3.96. The third-order valence-corrected chi connectivity index (χ3v) is 6.63. The molecule has 6 nitrogen and oxygen atoms in total. The molecule has 0 unspecified atom stereocenters. The minimum atomic E-state index is -4.72. The van der Waals surface area contributed by atoms with Crippen LogP contribution in [0.2, 0.25) is 0 Å². The topological polar surface area (TPSA) is 65.7 Å². The Morgan fingerprint density at radius 1 is 0.974 bits per heavy atom. The Morgan fingerprint density at radius 3 is 2.26 bits per heavy atom. The van der Waals surface area contributed by atoms with Crippen LogP contribution in [-0.4, -0.2) is 24.1 Å². The van der Waals surface area contributed by atoms with Gasteiger partial charge in [-0.3, -0.25) is 4.90 Å². The highest BCUT2D eigenvalue weighted by atomic mass is 19.4. The minimum Gasteiger partial charge on any atom is -0.618 e. The Bertz CT molecular complexity index is 1420. The number of pyridine rings is 1. The molecule has 0 N–H and O–H groups in total. The maximum Gasteiger partial charge on any atom is 0.416 e. The summed E-state index contributed by atoms with van der Waals surface area (Å²) >= 11 is 0. The molecule has 1 aliphatic heterocycles. The Kier molecular flexibility index (Phi) is 7.18. The van der Waals surface area contributed by atoms with Crippen LogP contribution in [-0.2, 0) is 23.6 Å². The molecule has 2 aromatic carbocycles. The summed E-state index contributed by atoms with van der Waals surface area (Å²) in [5.74, 6) is 0.103. The molecule has 0 spiro atoms. The van der Waals surface area contributed by atoms with Gasteiger partial charge in [0, 0.05) is 13.0 Å². The maximum absolute atomic E-state index is 13.6. The fourth-order valence-electron chi connectivity index (χ4n) is 4.64. The third-order valence-electron chi connectivity index (χ3n) is 6.63. The minimum absolute atomic E-state index is 0.0250. The summed E-state index contributed by atoms with van der Waals surface area (Å²) in [5.41, 5.74) is -1.24. The van der Waals surface area contributed by atoms with Crippen molar-refractivity contribution in [3.05, 3.63) is 87.2 Å². The molecule has 1 amide bonds. The van der Waals surface area contributed by atoms with Crippen LogP contribution in [0.3, 0.4) is 0 Å². The Morgan fingerprint density at radius 2 is 1.64 bits per heavy atom.